The summed E-state index contributed by atoms with van der Waals surface area (Å²) < 4.78 is 7.51. The molecule has 0 amide bonds. The molecule has 0 spiro atoms. The first-order chi connectivity index (χ1) is 12.0. The smallest absolute Gasteiger partial charge is 0.133 e. The van der Waals surface area contributed by atoms with Gasteiger partial charge in [0.2, 0.25) is 0 Å². The Morgan fingerprint density at radius 2 is 2.00 bits per heavy atom. The van der Waals surface area contributed by atoms with E-state index < -0.39 is 0 Å². The number of allylic oxidation sites excluding steroid dienone is 4. The molecule has 0 saturated heterocycles. The van der Waals surface area contributed by atoms with Crippen LogP contribution in [0.4, 0.5) is 0 Å². The standard InChI is InChI=1S/C20H21N4O.CH3.Es/c1-13-7-9-20(3,10-8-13)19-16-11-15(25-4)5-6-17(16)24-14(2)22-23-18(24)12-21-19;;/h5-9,11-12H,10H2,1-4H3;1H3;/q2*-1;. The second kappa shape index (κ2) is 6.83. The van der Waals surface area contributed by atoms with Crippen molar-refractivity contribution < 1.29 is 4.74 Å². The predicted octanol–water partition coefficient (Wildman–Crippen LogP) is 4.26. The molecule has 1 unspecified atom stereocenters. The van der Waals surface area contributed by atoms with Crippen molar-refractivity contribution >= 4 is 5.71 Å². The number of nitrogens with zero attached hydrogens (tertiary/aromatic N) is 4. The third-order valence-electron chi connectivity index (χ3n) is 4.96. The monoisotopic (exact) mass is 600 g/mol. The van der Waals surface area contributed by atoms with E-state index in [2.05, 4.69) is 54.4 Å². The number of hydrogen-bond donors (Lipinski definition) is 0. The largest absolute Gasteiger partial charge is 0.497 e. The molecule has 0 N–H and O–H groups in total. The first-order valence-corrected chi connectivity index (χ1v) is 8.40. The number of aliphatic imine (C=N–C) groups is 1. The third kappa shape index (κ3) is 2.97. The summed E-state index contributed by atoms with van der Waals surface area (Å²) in [4.78, 5) is 4.85. The van der Waals surface area contributed by atoms with Crippen molar-refractivity contribution in [2.75, 3.05) is 7.11 Å². The minimum atomic E-state index is -0.178. The fraction of sp³-hybridized carbons (Fsp3) is 0.286. The van der Waals surface area contributed by atoms with Gasteiger partial charge in [0.15, 0.2) is 0 Å². The molecule has 2 aliphatic rings. The van der Waals surface area contributed by atoms with E-state index >= 15 is 0 Å². The molecule has 0 bridgehead atoms. The van der Waals surface area contributed by atoms with Gasteiger partial charge < -0.3 is 17.2 Å². The number of aromatic nitrogens is 3. The van der Waals surface area contributed by atoms with Crippen molar-refractivity contribution in [3.8, 4) is 11.4 Å². The SMILES string of the molecule is COc1ccc2c(c1)C(C1(C)C=CC(C)=CC1)=N[CH-]c1nnc(C)n1-2.[CH3-].[Es]. The van der Waals surface area contributed by atoms with Gasteiger partial charge in [-0.05, 0) is 43.9 Å². The van der Waals surface area contributed by atoms with Gasteiger partial charge in [-0.2, -0.15) is 0 Å². The van der Waals surface area contributed by atoms with Crippen molar-refractivity contribution in [3.63, 3.8) is 0 Å². The summed E-state index contributed by atoms with van der Waals surface area (Å²) in [5, 5.41) is 8.47. The molecule has 4 rings (SSSR count). The minimum absolute atomic E-state index is 0. The summed E-state index contributed by atoms with van der Waals surface area (Å²) in [5.74, 6) is 2.40. The number of methoxy groups -OCH3 is 1. The van der Waals surface area contributed by atoms with Gasteiger partial charge in [0.05, 0.1) is 12.9 Å². The Morgan fingerprint density at radius 1 is 1.22 bits per heavy atom. The van der Waals surface area contributed by atoms with Gasteiger partial charge in [-0.25, -0.2) is 0 Å². The van der Waals surface area contributed by atoms with Gasteiger partial charge in [0, 0.05) is 5.69 Å². The zero-order valence-corrected chi connectivity index (χ0v) is 18.8. The molecule has 1 radical (unpaired) electrons. The Hall–Kier alpha value is -3.82. The Balaban J connectivity index is 0.00000131. The Kier molecular flexibility index (Phi) is 4.93. The van der Waals surface area contributed by atoms with E-state index in [1.165, 1.54) is 5.57 Å². The summed E-state index contributed by atoms with van der Waals surface area (Å²) in [7, 11) is 1.69. The van der Waals surface area contributed by atoms with Crippen LogP contribution in [0, 0.1) is 26.3 Å². The van der Waals surface area contributed by atoms with Crippen molar-refractivity contribution in [2.45, 2.75) is 27.2 Å². The van der Waals surface area contributed by atoms with Crippen molar-refractivity contribution in [2.24, 2.45) is 10.4 Å². The molecule has 27 heavy (non-hydrogen) atoms. The van der Waals surface area contributed by atoms with Crippen LogP contribution in [0.5, 0.6) is 5.75 Å². The van der Waals surface area contributed by atoms with Gasteiger partial charge in [0.1, 0.15) is 11.6 Å². The van der Waals surface area contributed by atoms with Gasteiger partial charge in [-0.15, -0.1) is 10.2 Å². The first kappa shape index (κ1) is 19.5. The van der Waals surface area contributed by atoms with E-state index in [4.69, 9.17) is 9.73 Å². The van der Waals surface area contributed by atoms with E-state index in [9.17, 15) is 0 Å². The number of rotatable bonds is 2. The molecular weight excluding hydrogens is 576 g/mol. The van der Waals surface area contributed by atoms with E-state index in [0.717, 1.165) is 40.8 Å². The number of benzene rings is 1. The average molecular weight is 600 g/mol. The molecule has 1 aromatic carbocycles. The fourth-order valence-electron chi connectivity index (χ4n) is 3.43. The summed E-state index contributed by atoms with van der Waals surface area (Å²) >= 11 is 0. The van der Waals surface area contributed by atoms with Crippen molar-refractivity contribution in [1.82, 2.24) is 14.8 Å². The molecule has 2 heterocycles. The zero-order valence-electron chi connectivity index (χ0n) is 16.2. The van der Waals surface area contributed by atoms with E-state index in [0.29, 0.717) is 0 Å². The molecular formula is C21H24EsN4O-2. The number of fused-ring (bicyclic) bond motifs is 3. The predicted molar refractivity (Wildman–Crippen MR) is 105 cm³/mol. The topological polar surface area (TPSA) is 52.3 Å². The quantitative estimate of drug-likeness (QED) is 0.485. The molecule has 1 aromatic heterocycles. The van der Waals surface area contributed by atoms with Crippen LogP contribution in [0.1, 0.15) is 37.5 Å². The van der Waals surface area contributed by atoms with Crippen LogP contribution in [0.25, 0.3) is 5.69 Å². The summed E-state index contributed by atoms with van der Waals surface area (Å²) in [6, 6.07) is 6.08. The molecule has 5 nitrogen and oxygen atoms in total. The van der Waals surface area contributed by atoms with Gasteiger partial charge in [-0.3, -0.25) is 4.57 Å². The maximum Gasteiger partial charge on any atom is 0.133 e. The zero-order chi connectivity index (χ0) is 17.6. The number of ether oxygens (including phenoxy) is 1. The first-order valence-electron chi connectivity index (χ1n) is 8.40. The van der Waals surface area contributed by atoms with Crippen molar-refractivity contribution in [1.29, 1.82) is 0 Å². The maximum absolute atomic E-state index is 5.47. The number of aryl methyl sites for hydroxylation is 1. The van der Waals surface area contributed by atoms with Crippen LogP contribution in [0.3, 0.4) is 0 Å². The van der Waals surface area contributed by atoms with Gasteiger partial charge >= 0.3 is 0 Å². The second-order valence-electron chi connectivity index (χ2n) is 6.83. The van der Waals surface area contributed by atoms with Gasteiger partial charge in [-0.1, -0.05) is 48.5 Å². The summed E-state index contributed by atoms with van der Waals surface area (Å²) in [6.45, 7) is 8.12. The van der Waals surface area contributed by atoms with E-state index in [1.807, 2.05) is 24.1 Å². The van der Waals surface area contributed by atoms with Crippen LogP contribution >= 0.6 is 0 Å². The van der Waals surface area contributed by atoms with Gasteiger partial charge in [0.25, 0.3) is 0 Å². The van der Waals surface area contributed by atoms with E-state index in [-0.39, 0.29) is 12.8 Å². The summed E-state index contributed by atoms with van der Waals surface area (Å²) in [6.07, 6.45) is 7.59. The Morgan fingerprint density at radius 3 is 2.67 bits per heavy atom. The summed E-state index contributed by atoms with van der Waals surface area (Å²) in [5.41, 5.74) is 4.22. The molecule has 1 atom stereocenters. The Labute approximate surface area is 155 Å². The fourth-order valence-corrected chi connectivity index (χ4v) is 3.43. The molecule has 147 valence electrons. The minimum Gasteiger partial charge on any atom is -0.497 e. The third-order valence-corrected chi connectivity index (χ3v) is 4.96. The maximum atomic E-state index is 5.47. The van der Waals surface area contributed by atoms with Crippen LogP contribution in [0.2, 0.25) is 0 Å². The van der Waals surface area contributed by atoms with Crippen LogP contribution in [0.15, 0.2) is 47.0 Å². The normalized spacial score (nSPS) is 19.9. The Bertz CT molecular complexity index is 942. The van der Waals surface area contributed by atoms with E-state index in [1.54, 1.807) is 7.11 Å². The number of hydrogen-bond acceptors (Lipinski definition) is 4. The average Bonchev–Trinajstić information content (AvgIpc) is 2.89. The van der Waals surface area contributed by atoms with Crippen LogP contribution < -0.4 is 4.74 Å². The van der Waals surface area contributed by atoms with Crippen LogP contribution in [-0.4, -0.2) is 27.6 Å². The molecule has 1 aliphatic carbocycles. The van der Waals surface area contributed by atoms with Crippen LogP contribution in [-0.2, 0) is 0 Å². The van der Waals surface area contributed by atoms with Crippen molar-refractivity contribution in [3.05, 3.63) is 73.2 Å². The molecule has 1 aliphatic heterocycles. The molecule has 2 aromatic rings. The second-order valence-corrected chi connectivity index (χ2v) is 6.83. The molecule has 0 fully saturated rings. The molecule has 6 heteroatoms. The molecule has 0 saturated carbocycles.